The summed E-state index contributed by atoms with van der Waals surface area (Å²) in [6.07, 6.45) is 7.49. The van der Waals surface area contributed by atoms with Crippen LogP contribution in [-0.4, -0.2) is 48.5 Å². The Morgan fingerprint density at radius 1 is 1.12 bits per heavy atom. The number of nitrogens with one attached hydrogen (secondary N) is 1. The molecule has 2 aliphatic rings. The van der Waals surface area contributed by atoms with Crippen molar-refractivity contribution in [3.63, 3.8) is 0 Å². The maximum absolute atomic E-state index is 12.5. The van der Waals surface area contributed by atoms with Gasteiger partial charge in [0.1, 0.15) is 0 Å². The van der Waals surface area contributed by atoms with E-state index >= 15 is 0 Å². The van der Waals surface area contributed by atoms with E-state index < -0.39 is 0 Å². The second kappa shape index (κ2) is 9.77. The first-order valence-corrected chi connectivity index (χ1v) is 11.2. The van der Waals surface area contributed by atoms with Gasteiger partial charge in [-0.15, -0.1) is 0 Å². The molecule has 0 unspecified atom stereocenters. The minimum atomic E-state index is 0.0228. The van der Waals surface area contributed by atoms with Gasteiger partial charge in [-0.25, -0.2) is 0 Å². The number of hydrogen-bond acceptors (Lipinski definition) is 4. The van der Waals surface area contributed by atoms with Crippen molar-refractivity contribution in [3.8, 4) is 0 Å². The summed E-state index contributed by atoms with van der Waals surface area (Å²) in [6, 6.07) is 8.37. The summed E-state index contributed by atoms with van der Waals surface area (Å²) in [4.78, 5) is 15.0. The lowest BCUT2D eigenvalue weighted by Gasteiger charge is -2.35. The highest BCUT2D eigenvalue weighted by atomic mass is 32.2. The first-order valence-electron chi connectivity index (χ1n) is 10.1. The zero-order valence-electron chi connectivity index (χ0n) is 15.8. The quantitative estimate of drug-likeness (QED) is 0.766. The van der Waals surface area contributed by atoms with Crippen LogP contribution in [0.2, 0.25) is 0 Å². The number of nitrogens with zero attached hydrogens (tertiary/aromatic N) is 1. The lowest BCUT2D eigenvalue weighted by molar-refractivity contribution is -0.118. The zero-order valence-corrected chi connectivity index (χ0v) is 16.7. The van der Waals surface area contributed by atoms with Crippen LogP contribution in [0.3, 0.4) is 0 Å². The van der Waals surface area contributed by atoms with Gasteiger partial charge < -0.3 is 16.0 Å². The molecule has 3 N–H and O–H groups in total. The fraction of sp³-hybridized carbons (Fsp3) is 0.667. The van der Waals surface area contributed by atoms with Crippen molar-refractivity contribution in [2.75, 3.05) is 43.0 Å². The molecule has 26 heavy (non-hydrogen) atoms. The molecule has 0 spiro atoms. The van der Waals surface area contributed by atoms with Crippen LogP contribution in [0.15, 0.2) is 24.3 Å². The minimum absolute atomic E-state index is 0.0228. The van der Waals surface area contributed by atoms with Crippen LogP contribution in [0.25, 0.3) is 0 Å². The second-order valence-corrected chi connectivity index (χ2v) is 9.12. The van der Waals surface area contributed by atoms with Crippen LogP contribution in [0.1, 0.15) is 44.1 Å². The lowest BCUT2D eigenvalue weighted by atomic mass is 9.71. The topological polar surface area (TPSA) is 58.4 Å². The number of carbonyl (C=O) groups excluding carboxylic acids is 1. The van der Waals surface area contributed by atoms with Gasteiger partial charge in [-0.3, -0.25) is 4.79 Å². The average Bonchev–Trinajstić information content (AvgIpc) is 2.69. The molecule has 0 atom stereocenters. The highest BCUT2D eigenvalue weighted by Gasteiger charge is 2.32. The summed E-state index contributed by atoms with van der Waals surface area (Å²) in [6.45, 7) is 4.17. The Kier molecular flexibility index (Phi) is 7.41. The van der Waals surface area contributed by atoms with E-state index in [0.717, 1.165) is 31.5 Å². The predicted octanol–water partition coefficient (Wildman–Crippen LogP) is 3.52. The number of carbonyl (C=O) groups is 1. The molecule has 1 aromatic rings. The van der Waals surface area contributed by atoms with E-state index in [1.807, 2.05) is 12.1 Å². The molecule has 144 valence electrons. The Hall–Kier alpha value is -1.04. The molecule has 0 aromatic heterocycles. The normalized spacial score (nSPS) is 20.7. The largest absolute Gasteiger partial charge is 0.330 e. The number of anilines is 1. The molecule has 0 bridgehead atoms. The van der Waals surface area contributed by atoms with Crippen molar-refractivity contribution in [1.29, 1.82) is 0 Å². The first kappa shape index (κ1) is 19.7. The van der Waals surface area contributed by atoms with E-state index in [1.54, 1.807) is 0 Å². The highest BCUT2D eigenvalue weighted by molar-refractivity contribution is 7.99. The molecule has 1 aliphatic carbocycles. The monoisotopic (exact) mass is 375 g/mol. The Balaban J connectivity index is 1.46. The van der Waals surface area contributed by atoms with Crippen molar-refractivity contribution >= 4 is 23.4 Å². The van der Waals surface area contributed by atoms with E-state index in [2.05, 4.69) is 34.1 Å². The molecule has 2 fully saturated rings. The third kappa shape index (κ3) is 5.73. The van der Waals surface area contributed by atoms with Gasteiger partial charge in [0.2, 0.25) is 5.91 Å². The molecular formula is C21H33N3OS. The van der Waals surface area contributed by atoms with E-state index in [0.29, 0.717) is 13.0 Å². The third-order valence-electron chi connectivity index (χ3n) is 5.94. The molecule has 1 saturated carbocycles. The molecule has 5 heteroatoms. The Morgan fingerprint density at radius 2 is 1.81 bits per heavy atom. The van der Waals surface area contributed by atoms with Crippen LogP contribution in [0, 0.1) is 5.41 Å². The van der Waals surface area contributed by atoms with Gasteiger partial charge in [-0.2, -0.15) is 11.8 Å². The van der Waals surface area contributed by atoms with Crippen molar-refractivity contribution in [1.82, 2.24) is 4.90 Å². The smallest absolute Gasteiger partial charge is 0.224 e. The molecule has 1 aliphatic heterocycles. The van der Waals surface area contributed by atoms with Crippen molar-refractivity contribution in [2.24, 2.45) is 11.1 Å². The number of benzene rings is 1. The van der Waals surface area contributed by atoms with Gasteiger partial charge in [0.05, 0.1) is 0 Å². The summed E-state index contributed by atoms with van der Waals surface area (Å²) in [5.41, 5.74) is 8.27. The molecule has 4 nitrogen and oxygen atoms in total. The van der Waals surface area contributed by atoms with E-state index in [-0.39, 0.29) is 11.3 Å². The zero-order chi connectivity index (χ0) is 18.2. The molecule has 1 saturated heterocycles. The van der Waals surface area contributed by atoms with Crippen LogP contribution in [-0.2, 0) is 11.2 Å². The van der Waals surface area contributed by atoms with Crippen LogP contribution < -0.4 is 11.1 Å². The lowest BCUT2D eigenvalue weighted by Crippen LogP contribution is -2.36. The van der Waals surface area contributed by atoms with Gasteiger partial charge in [0.25, 0.3) is 0 Å². The number of rotatable bonds is 7. The SMILES string of the molecule is NCC1(CC(=O)Nc2ccc(CCN3CCSCC3)cc2)CCCCC1. The average molecular weight is 376 g/mol. The fourth-order valence-electron chi connectivity index (χ4n) is 4.17. The molecule has 1 heterocycles. The number of thioether (sulfide) groups is 1. The maximum atomic E-state index is 12.5. The summed E-state index contributed by atoms with van der Waals surface area (Å²) in [5.74, 6) is 2.63. The molecule has 3 rings (SSSR count). The standard InChI is InChI=1S/C21H33N3OS/c22-17-21(9-2-1-3-10-21)16-20(25)23-19-6-4-18(5-7-19)8-11-24-12-14-26-15-13-24/h4-7H,1-3,8-17,22H2,(H,23,25). The van der Waals surface area contributed by atoms with Gasteiger partial charge in [-0.1, -0.05) is 31.4 Å². The number of amides is 1. The first-order chi connectivity index (χ1) is 12.7. The second-order valence-electron chi connectivity index (χ2n) is 7.89. The van der Waals surface area contributed by atoms with Crippen LogP contribution in [0.4, 0.5) is 5.69 Å². The van der Waals surface area contributed by atoms with E-state index in [1.165, 1.54) is 49.4 Å². The Labute approximate surface area is 162 Å². The van der Waals surface area contributed by atoms with Crippen LogP contribution >= 0.6 is 11.8 Å². The van der Waals surface area contributed by atoms with Gasteiger partial charge in [0, 0.05) is 43.2 Å². The van der Waals surface area contributed by atoms with Gasteiger partial charge >= 0.3 is 0 Å². The van der Waals surface area contributed by atoms with Gasteiger partial charge in [0.15, 0.2) is 0 Å². The molecular weight excluding hydrogens is 342 g/mol. The predicted molar refractivity (Wildman–Crippen MR) is 112 cm³/mol. The summed E-state index contributed by atoms with van der Waals surface area (Å²) >= 11 is 2.05. The fourth-order valence-corrected chi connectivity index (χ4v) is 5.15. The highest BCUT2D eigenvalue weighted by Crippen LogP contribution is 2.38. The molecule has 1 aromatic carbocycles. The number of nitrogens with two attached hydrogens (primary N) is 1. The third-order valence-corrected chi connectivity index (χ3v) is 6.88. The molecule has 1 amide bonds. The van der Waals surface area contributed by atoms with Crippen molar-refractivity contribution < 1.29 is 4.79 Å². The minimum Gasteiger partial charge on any atom is -0.330 e. The summed E-state index contributed by atoms with van der Waals surface area (Å²) < 4.78 is 0. The van der Waals surface area contributed by atoms with Gasteiger partial charge in [-0.05, 0) is 48.9 Å². The summed E-state index contributed by atoms with van der Waals surface area (Å²) in [7, 11) is 0. The van der Waals surface area contributed by atoms with E-state index in [4.69, 9.17) is 5.73 Å². The summed E-state index contributed by atoms with van der Waals surface area (Å²) in [5, 5.41) is 3.07. The Morgan fingerprint density at radius 3 is 2.46 bits per heavy atom. The van der Waals surface area contributed by atoms with E-state index in [9.17, 15) is 4.79 Å². The number of hydrogen-bond donors (Lipinski definition) is 2. The Bertz CT molecular complexity index is 563. The maximum Gasteiger partial charge on any atom is 0.224 e. The van der Waals surface area contributed by atoms with Crippen molar-refractivity contribution in [3.05, 3.63) is 29.8 Å². The van der Waals surface area contributed by atoms with Crippen LogP contribution in [0.5, 0.6) is 0 Å². The van der Waals surface area contributed by atoms with Crippen molar-refractivity contribution in [2.45, 2.75) is 44.9 Å². The molecule has 0 radical (unpaired) electrons.